The van der Waals surface area contributed by atoms with Crippen LogP contribution in [0.15, 0.2) is 72.8 Å². The first-order valence-corrected chi connectivity index (χ1v) is 8.54. The maximum Gasteiger partial charge on any atom is 0.269 e. The number of fused-ring (bicyclic) bond motifs is 1. The Balaban J connectivity index is 1.98. The number of aryl methyl sites for hydroxylation is 1. The second-order valence-corrected chi connectivity index (χ2v) is 6.41. The van der Waals surface area contributed by atoms with Gasteiger partial charge in [0.2, 0.25) is 0 Å². The van der Waals surface area contributed by atoms with E-state index in [4.69, 9.17) is 0 Å². The molecule has 0 aliphatic rings. The molecule has 0 radical (unpaired) electrons. The Morgan fingerprint density at radius 3 is 1.75 bits per heavy atom. The van der Waals surface area contributed by atoms with Crippen molar-refractivity contribution in [2.24, 2.45) is 7.05 Å². The minimum absolute atomic E-state index is 0.0272. The second kappa shape index (κ2) is 6.62. The molecule has 0 unspecified atom stereocenters. The third-order valence-corrected chi connectivity index (χ3v) is 4.83. The minimum Gasteiger partial charge on any atom is -0.343 e. The van der Waals surface area contributed by atoms with Crippen molar-refractivity contribution >= 4 is 22.3 Å². The molecule has 4 rings (SSSR count). The molecular weight excluding hydrogens is 358 g/mol. The molecule has 0 fully saturated rings. The highest BCUT2D eigenvalue weighted by atomic mass is 16.6. The van der Waals surface area contributed by atoms with E-state index >= 15 is 0 Å². The molecule has 1 aromatic heterocycles. The summed E-state index contributed by atoms with van der Waals surface area (Å²) in [5, 5.41) is 23.0. The summed E-state index contributed by atoms with van der Waals surface area (Å²) in [6.07, 6.45) is 0. The maximum atomic E-state index is 11.0. The molecule has 0 aliphatic carbocycles. The van der Waals surface area contributed by atoms with Crippen LogP contribution < -0.4 is 0 Å². The van der Waals surface area contributed by atoms with Gasteiger partial charge in [0.05, 0.1) is 15.5 Å². The lowest BCUT2D eigenvalue weighted by Gasteiger charge is -2.09. The van der Waals surface area contributed by atoms with Gasteiger partial charge in [-0.2, -0.15) is 0 Å². The normalized spacial score (nSPS) is 10.9. The fourth-order valence-corrected chi connectivity index (χ4v) is 3.51. The predicted octanol–water partition coefficient (Wildman–Crippen LogP) is 5.33. The van der Waals surface area contributed by atoms with Crippen molar-refractivity contribution < 1.29 is 9.85 Å². The Kier molecular flexibility index (Phi) is 4.12. The third-order valence-electron chi connectivity index (χ3n) is 4.83. The lowest BCUT2D eigenvalue weighted by atomic mass is 9.98. The predicted molar refractivity (Wildman–Crippen MR) is 107 cm³/mol. The molecule has 0 saturated carbocycles. The maximum absolute atomic E-state index is 11.0. The fraction of sp³-hybridized carbons (Fsp3) is 0.0476. The van der Waals surface area contributed by atoms with E-state index in [1.54, 1.807) is 24.3 Å². The van der Waals surface area contributed by atoms with Gasteiger partial charge in [0.1, 0.15) is 0 Å². The first-order valence-electron chi connectivity index (χ1n) is 8.54. The minimum atomic E-state index is -0.428. The van der Waals surface area contributed by atoms with Gasteiger partial charge in [0.15, 0.2) is 0 Å². The van der Waals surface area contributed by atoms with Crippen LogP contribution >= 0.6 is 0 Å². The smallest absolute Gasteiger partial charge is 0.269 e. The summed E-state index contributed by atoms with van der Waals surface area (Å²) in [7, 11) is 1.94. The molecule has 28 heavy (non-hydrogen) atoms. The first-order chi connectivity index (χ1) is 13.5. The van der Waals surface area contributed by atoms with E-state index in [2.05, 4.69) is 0 Å². The molecule has 0 spiro atoms. The highest BCUT2D eigenvalue weighted by Gasteiger charge is 2.19. The standard InChI is InChI=1S/C21H15N3O4/c1-22-19-5-3-2-4-18(19)20(14-6-10-16(11-7-14)23(25)26)21(22)15-8-12-17(13-9-15)24(27)28/h2-13H,1H3. The highest BCUT2D eigenvalue weighted by Crippen LogP contribution is 2.41. The van der Waals surface area contributed by atoms with Crippen LogP contribution in [0.4, 0.5) is 11.4 Å². The van der Waals surface area contributed by atoms with Crippen LogP contribution in [0.3, 0.4) is 0 Å². The first kappa shape index (κ1) is 17.4. The Hall–Kier alpha value is -4.00. The van der Waals surface area contributed by atoms with Gasteiger partial charge >= 0.3 is 0 Å². The molecule has 0 N–H and O–H groups in total. The van der Waals surface area contributed by atoms with Gasteiger partial charge in [-0.25, -0.2) is 0 Å². The number of hydrogen-bond donors (Lipinski definition) is 0. The van der Waals surface area contributed by atoms with E-state index in [0.29, 0.717) is 0 Å². The zero-order valence-corrected chi connectivity index (χ0v) is 14.9. The molecule has 7 nitrogen and oxygen atoms in total. The zero-order chi connectivity index (χ0) is 19.8. The molecule has 3 aromatic carbocycles. The Morgan fingerprint density at radius 2 is 1.21 bits per heavy atom. The topological polar surface area (TPSA) is 91.2 Å². The van der Waals surface area contributed by atoms with Crippen molar-refractivity contribution in [1.29, 1.82) is 0 Å². The van der Waals surface area contributed by atoms with Crippen LogP contribution in [0.5, 0.6) is 0 Å². The molecule has 0 aliphatic heterocycles. The van der Waals surface area contributed by atoms with Gasteiger partial charge in [0.25, 0.3) is 11.4 Å². The van der Waals surface area contributed by atoms with Crippen LogP contribution in [0.2, 0.25) is 0 Å². The van der Waals surface area contributed by atoms with Crippen molar-refractivity contribution in [2.75, 3.05) is 0 Å². The summed E-state index contributed by atoms with van der Waals surface area (Å²) in [6, 6.07) is 20.7. The quantitative estimate of drug-likeness (QED) is 0.357. The van der Waals surface area contributed by atoms with E-state index < -0.39 is 9.85 Å². The molecule has 0 atom stereocenters. The molecule has 7 heteroatoms. The molecule has 4 aromatic rings. The molecular formula is C21H15N3O4. The number of hydrogen-bond acceptors (Lipinski definition) is 4. The number of nitrogens with zero attached hydrogens (tertiary/aromatic N) is 3. The number of nitro groups is 2. The van der Waals surface area contributed by atoms with E-state index in [0.717, 1.165) is 33.3 Å². The third kappa shape index (κ3) is 2.79. The van der Waals surface area contributed by atoms with Gasteiger partial charge in [0, 0.05) is 47.8 Å². The Bertz CT molecular complexity index is 1210. The largest absolute Gasteiger partial charge is 0.343 e. The highest BCUT2D eigenvalue weighted by molar-refractivity contribution is 6.04. The molecule has 0 amide bonds. The number of non-ortho nitro benzene ring substituents is 2. The average Bonchev–Trinajstić information content (AvgIpc) is 3.01. The van der Waals surface area contributed by atoms with Crippen molar-refractivity contribution in [3.8, 4) is 22.4 Å². The summed E-state index contributed by atoms with van der Waals surface area (Å²) >= 11 is 0. The number of para-hydroxylation sites is 1. The fourth-order valence-electron chi connectivity index (χ4n) is 3.51. The molecule has 0 bridgehead atoms. The summed E-state index contributed by atoms with van der Waals surface area (Å²) in [6.45, 7) is 0. The Labute approximate surface area is 159 Å². The van der Waals surface area contributed by atoms with Crippen LogP contribution in [-0.2, 0) is 7.05 Å². The summed E-state index contributed by atoms with van der Waals surface area (Å²) < 4.78 is 2.03. The van der Waals surface area contributed by atoms with Crippen molar-refractivity contribution in [1.82, 2.24) is 4.57 Å². The molecule has 138 valence electrons. The lowest BCUT2D eigenvalue weighted by Crippen LogP contribution is -1.94. The van der Waals surface area contributed by atoms with Gasteiger partial charge < -0.3 is 4.57 Å². The Morgan fingerprint density at radius 1 is 0.714 bits per heavy atom. The van der Waals surface area contributed by atoms with Crippen LogP contribution in [0, 0.1) is 20.2 Å². The van der Waals surface area contributed by atoms with Crippen LogP contribution in [-0.4, -0.2) is 14.4 Å². The van der Waals surface area contributed by atoms with Crippen molar-refractivity contribution in [3.63, 3.8) is 0 Å². The lowest BCUT2D eigenvalue weighted by molar-refractivity contribution is -0.385. The van der Waals surface area contributed by atoms with Crippen LogP contribution in [0.1, 0.15) is 0 Å². The summed E-state index contributed by atoms with van der Waals surface area (Å²) in [4.78, 5) is 21.1. The summed E-state index contributed by atoms with van der Waals surface area (Å²) in [5.41, 5.74) is 4.56. The van der Waals surface area contributed by atoms with Gasteiger partial charge in [-0.3, -0.25) is 20.2 Å². The number of aromatic nitrogens is 1. The van der Waals surface area contributed by atoms with Gasteiger partial charge in [-0.15, -0.1) is 0 Å². The van der Waals surface area contributed by atoms with E-state index in [-0.39, 0.29) is 11.4 Å². The molecule has 1 heterocycles. The molecule has 0 saturated heterocycles. The number of benzene rings is 3. The van der Waals surface area contributed by atoms with E-state index in [9.17, 15) is 20.2 Å². The number of rotatable bonds is 4. The van der Waals surface area contributed by atoms with E-state index in [1.165, 1.54) is 24.3 Å². The van der Waals surface area contributed by atoms with Crippen molar-refractivity contribution in [3.05, 3.63) is 93.0 Å². The average molecular weight is 373 g/mol. The van der Waals surface area contributed by atoms with E-state index in [1.807, 2.05) is 35.9 Å². The summed E-state index contributed by atoms with van der Waals surface area (Å²) in [5.74, 6) is 0. The van der Waals surface area contributed by atoms with Crippen molar-refractivity contribution in [2.45, 2.75) is 0 Å². The number of nitro benzene ring substituents is 2. The van der Waals surface area contributed by atoms with Crippen LogP contribution in [0.25, 0.3) is 33.3 Å². The monoisotopic (exact) mass is 373 g/mol. The zero-order valence-electron chi connectivity index (χ0n) is 14.9. The SMILES string of the molecule is Cn1c(-c2ccc([N+](=O)[O-])cc2)c(-c2ccc([N+](=O)[O-])cc2)c2ccccc21. The second-order valence-electron chi connectivity index (χ2n) is 6.41. The van der Waals surface area contributed by atoms with Gasteiger partial charge in [-0.05, 0) is 41.5 Å². The van der Waals surface area contributed by atoms with Gasteiger partial charge in [-0.1, -0.05) is 18.2 Å².